The summed E-state index contributed by atoms with van der Waals surface area (Å²) in [5, 5.41) is 5.56. The van der Waals surface area contributed by atoms with E-state index in [2.05, 4.69) is 26.2 Å². The molecule has 0 aliphatic carbocycles. The van der Waals surface area contributed by atoms with Crippen molar-refractivity contribution in [2.45, 2.75) is 13.0 Å². The SMILES string of the molecule is CC(Nc1nccc2c(Br)cccc12)c1ccc(F)cc1. The lowest BCUT2D eigenvalue weighted by atomic mass is 10.1. The van der Waals surface area contributed by atoms with Crippen molar-refractivity contribution >= 4 is 32.5 Å². The van der Waals surface area contributed by atoms with E-state index >= 15 is 0 Å². The number of nitrogens with one attached hydrogen (secondary N) is 1. The number of halogens is 2. The minimum atomic E-state index is -0.224. The largest absolute Gasteiger partial charge is 0.363 e. The summed E-state index contributed by atoms with van der Waals surface area (Å²) in [6, 6.07) is 14.6. The van der Waals surface area contributed by atoms with Crippen LogP contribution >= 0.6 is 15.9 Å². The van der Waals surface area contributed by atoms with Gasteiger partial charge in [0.25, 0.3) is 0 Å². The fourth-order valence-corrected chi connectivity index (χ4v) is 2.82. The first-order chi connectivity index (χ1) is 10.1. The normalized spacial score (nSPS) is 12.3. The van der Waals surface area contributed by atoms with Crippen LogP contribution in [0.1, 0.15) is 18.5 Å². The second-order valence-corrected chi connectivity index (χ2v) is 5.77. The molecule has 21 heavy (non-hydrogen) atoms. The fourth-order valence-electron chi connectivity index (χ4n) is 2.32. The average molecular weight is 345 g/mol. The second-order valence-electron chi connectivity index (χ2n) is 4.91. The highest BCUT2D eigenvalue weighted by Crippen LogP contribution is 2.29. The molecule has 0 saturated carbocycles. The van der Waals surface area contributed by atoms with E-state index in [0.29, 0.717) is 0 Å². The highest BCUT2D eigenvalue weighted by atomic mass is 79.9. The summed E-state index contributed by atoms with van der Waals surface area (Å²) in [6.45, 7) is 2.03. The van der Waals surface area contributed by atoms with Crippen LogP contribution in [0.2, 0.25) is 0 Å². The topological polar surface area (TPSA) is 24.9 Å². The van der Waals surface area contributed by atoms with Gasteiger partial charge >= 0.3 is 0 Å². The van der Waals surface area contributed by atoms with Crippen molar-refractivity contribution in [3.8, 4) is 0 Å². The summed E-state index contributed by atoms with van der Waals surface area (Å²) in [5.74, 6) is 0.601. The number of fused-ring (bicyclic) bond motifs is 1. The molecule has 3 rings (SSSR count). The van der Waals surface area contributed by atoms with E-state index in [1.165, 1.54) is 12.1 Å². The molecule has 4 heteroatoms. The lowest BCUT2D eigenvalue weighted by Crippen LogP contribution is -2.08. The number of benzene rings is 2. The predicted molar refractivity (Wildman–Crippen MR) is 87.9 cm³/mol. The van der Waals surface area contributed by atoms with E-state index in [1.807, 2.05) is 31.2 Å². The van der Waals surface area contributed by atoms with Crippen molar-refractivity contribution in [1.82, 2.24) is 4.98 Å². The molecule has 0 radical (unpaired) electrons. The molecule has 0 saturated heterocycles. The molecule has 2 aromatic carbocycles. The Kier molecular flexibility index (Phi) is 3.88. The van der Waals surface area contributed by atoms with Crippen LogP contribution in [-0.4, -0.2) is 4.98 Å². The van der Waals surface area contributed by atoms with Crippen molar-refractivity contribution in [1.29, 1.82) is 0 Å². The minimum absolute atomic E-state index is 0.0441. The molecular weight excluding hydrogens is 331 g/mol. The minimum Gasteiger partial charge on any atom is -0.363 e. The molecule has 1 atom stereocenters. The Balaban J connectivity index is 1.94. The van der Waals surface area contributed by atoms with Crippen LogP contribution in [0, 0.1) is 5.82 Å². The van der Waals surface area contributed by atoms with Crippen molar-refractivity contribution in [2.75, 3.05) is 5.32 Å². The van der Waals surface area contributed by atoms with E-state index in [1.54, 1.807) is 18.3 Å². The molecule has 3 aromatic rings. The van der Waals surface area contributed by atoms with Crippen LogP contribution in [-0.2, 0) is 0 Å². The number of rotatable bonds is 3. The predicted octanol–water partition coefficient (Wildman–Crippen LogP) is 5.31. The first-order valence-electron chi connectivity index (χ1n) is 6.70. The maximum Gasteiger partial charge on any atom is 0.134 e. The standard InChI is InChI=1S/C17H14BrFN2/c1-11(12-5-7-13(19)8-6-12)21-17-15-3-2-4-16(18)14(15)9-10-20-17/h2-11H,1H3,(H,20,21). The Morgan fingerprint density at radius 3 is 2.57 bits per heavy atom. The smallest absolute Gasteiger partial charge is 0.134 e. The fraction of sp³-hybridized carbons (Fsp3) is 0.118. The van der Waals surface area contributed by atoms with Gasteiger partial charge in [-0.2, -0.15) is 0 Å². The Bertz CT molecular complexity index is 771. The molecule has 1 aromatic heterocycles. The quantitative estimate of drug-likeness (QED) is 0.696. The number of hydrogen-bond acceptors (Lipinski definition) is 2. The van der Waals surface area contributed by atoms with Crippen molar-refractivity contribution < 1.29 is 4.39 Å². The Labute approximate surface area is 131 Å². The molecule has 0 aliphatic rings. The van der Waals surface area contributed by atoms with Crippen molar-refractivity contribution in [3.63, 3.8) is 0 Å². The van der Waals surface area contributed by atoms with Crippen molar-refractivity contribution in [3.05, 3.63) is 70.6 Å². The van der Waals surface area contributed by atoms with E-state index < -0.39 is 0 Å². The summed E-state index contributed by atoms with van der Waals surface area (Å²) in [5.41, 5.74) is 1.02. The van der Waals surface area contributed by atoms with E-state index in [0.717, 1.165) is 26.6 Å². The highest BCUT2D eigenvalue weighted by Gasteiger charge is 2.09. The summed E-state index contributed by atoms with van der Waals surface area (Å²) in [6.07, 6.45) is 1.78. The second kappa shape index (κ2) is 5.82. The Hall–Kier alpha value is -1.94. The number of nitrogens with zero attached hydrogens (tertiary/aromatic N) is 1. The lowest BCUT2D eigenvalue weighted by Gasteiger charge is -2.16. The van der Waals surface area contributed by atoms with Gasteiger partial charge in [0.1, 0.15) is 11.6 Å². The highest BCUT2D eigenvalue weighted by molar-refractivity contribution is 9.10. The maximum atomic E-state index is 13.0. The van der Waals surface area contributed by atoms with Gasteiger partial charge in [-0.05, 0) is 36.8 Å². The molecule has 0 aliphatic heterocycles. The summed E-state index contributed by atoms with van der Waals surface area (Å²) >= 11 is 3.55. The average Bonchev–Trinajstić information content (AvgIpc) is 2.49. The van der Waals surface area contributed by atoms with E-state index in [-0.39, 0.29) is 11.9 Å². The summed E-state index contributed by atoms with van der Waals surface area (Å²) in [7, 11) is 0. The molecule has 1 heterocycles. The third-order valence-corrected chi connectivity index (χ3v) is 4.17. The van der Waals surface area contributed by atoms with Crippen LogP contribution in [0.15, 0.2) is 59.2 Å². The third-order valence-electron chi connectivity index (χ3n) is 3.48. The number of aromatic nitrogens is 1. The van der Waals surface area contributed by atoms with Crippen LogP contribution in [0.4, 0.5) is 10.2 Å². The first kappa shape index (κ1) is 14.0. The Morgan fingerprint density at radius 2 is 1.81 bits per heavy atom. The maximum absolute atomic E-state index is 13.0. The van der Waals surface area contributed by atoms with Gasteiger partial charge in [-0.3, -0.25) is 0 Å². The van der Waals surface area contributed by atoms with Gasteiger partial charge in [0.15, 0.2) is 0 Å². The van der Waals surface area contributed by atoms with Gasteiger partial charge in [0.2, 0.25) is 0 Å². The summed E-state index contributed by atoms with van der Waals surface area (Å²) in [4.78, 5) is 4.43. The molecule has 106 valence electrons. The van der Waals surface area contributed by atoms with Gasteiger partial charge in [-0.25, -0.2) is 9.37 Å². The van der Waals surface area contributed by atoms with Gasteiger partial charge in [-0.15, -0.1) is 0 Å². The Morgan fingerprint density at radius 1 is 1.05 bits per heavy atom. The molecule has 0 fully saturated rings. The van der Waals surface area contributed by atoms with Crippen LogP contribution < -0.4 is 5.32 Å². The monoisotopic (exact) mass is 344 g/mol. The zero-order valence-electron chi connectivity index (χ0n) is 11.5. The van der Waals surface area contributed by atoms with Gasteiger partial charge in [0.05, 0.1) is 0 Å². The zero-order chi connectivity index (χ0) is 14.8. The first-order valence-corrected chi connectivity index (χ1v) is 7.49. The van der Waals surface area contributed by atoms with E-state index in [9.17, 15) is 4.39 Å². The van der Waals surface area contributed by atoms with Crippen LogP contribution in [0.25, 0.3) is 10.8 Å². The molecule has 1 N–H and O–H groups in total. The number of anilines is 1. The molecule has 2 nitrogen and oxygen atoms in total. The number of pyridine rings is 1. The lowest BCUT2D eigenvalue weighted by molar-refractivity contribution is 0.626. The van der Waals surface area contributed by atoms with Gasteiger partial charge in [-0.1, -0.05) is 40.2 Å². The number of hydrogen-bond donors (Lipinski definition) is 1. The molecule has 1 unspecified atom stereocenters. The summed E-state index contributed by atoms with van der Waals surface area (Å²) < 4.78 is 14.0. The molecule has 0 amide bonds. The van der Waals surface area contributed by atoms with Gasteiger partial charge < -0.3 is 5.32 Å². The van der Waals surface area contributed by atoms with Crippen LogP contribution in [0.3, 0.4) is 0 Å². The molecule has 0 bridgehead atoms. The zero-order valence-corrected chi connectivity index (χ0v) is 13.1. The van der Waals surface area contributed by atoms with Crippen molar-refractivity contribution in [2.24, 2.45) is 0 Å². The van der Waals surface area contributed by atoms with Crippen LogP contribution in [0.5, 0.6) is 0 Å². The molecular formula is C17H14BrFN2. The van der Waals surface area contributed by atoms with E-state index in [4.69, 9.17) is 0 Å². The third kappa shape index (κ3) is 2.90. The molecule has 0 spiro atoms. The van der Waals surface area contributed by atoms with Gasteiger partial charge in [0, 0.05) is 27.5 Å².